The number of carbonyl (C=O) groups is 1. The monoisotopic (exact) mass is 168 g/mol. The Bertz CT molecular complexity index is 228. The molecule has 1 atom stereocenters. The van der Waals surface area contributed by atoms with Crippen molar-refractivity contribution in [3.63, 3.8) is 0 Å². The molecular formula is C9H12O3. The van der Waals surface area contributed by atoms with E-state index in [4.69, 9.17) is 9.47 Å². The Morgan fingerprint density at radius 2 is 2.50 bits per heavy atom. The van der Waals surface area contributed by atoms with Crippen molar-refractivity contribution in [3.05, 3.63) is 24.0 Å². The molecule has 1 aliphatic heterocycles. The molecule has 0 spiro atoms. The van der Waals surface area contributed by atoms with Crippen LogP contribution in [0.25, 0.3) is 0 Å². The number of hydrogen-bond acceptors (Lipinski definition) is 3. The Balaban J connectivity index is 2.65. The van der Waals surface area contributed by atoms with E-state index in [2.05, 4.69) is 0 Å². The summed E-state index contributed by atoms with van der Waals surface area (Å²) in [6.07, 6.45) is 5.54. The Morgan fingerprint density at radius 1 is 1.75 bits per heavy atom. The SMILES string of the molecule is C/C=C/C1CC(OC)=CC(=O)O1. The highest BCUT2D eigenvalue weighted by molar-refractivity contribution is 5.83. The maximum atomic E-state index is 10.9. The molecule has 1 heterocycles. The molecule has 0 aromatic heterocycles. The van der Waals surface area contributed by atoms with Crippen molar-refractivity contribution in [1.29, 1.82) is 0 Å². The van der Waals surface area contributed by atoms with E-state index in [1.807, 2.05) is 19.1 Å². The van der Waals surface area contributed by atoms with Gasteiger partial charge < -0.3 is 9.47 Å². The van der Waals surface area contributed by atoms with Crippen molar-refractivity contribution in [2.24, 2.45) is 0 Å². The lowest BCUT2D eigenvalue weighted by Crippen LogP contribution is -2.21. The number of cyclic esters (lactones) is 1. The molecule has 0 saturated carbocycles. The molecule has 0 fully saturated rings. The third-order valence-electron chi connectivity index (χ3n) is 1.62. The molecule has 1 unspecified atom stereocenters. The van der Waals surface area contributed by atoms with Crippen molar-refractivity contribution in [3.8, 4) is 0 Å². The summed E-state index contributed by atoms with van der Waals surface area (Å²) in [7, 11) is 1.55. The normalized spacial score (nSPS) is 23.7. The topological polar surface area (TPSA) is 35.5 Å². The molecule has 0 N–H and O–H groups in total. The van der Waals surface area contributed by atoms with E-state index in [1.54, 1.807) is 7.11 Å². The Kier molecular flexibility index (Phi) is 2.91. The fourth-order valence-electron chi connectivity index (χ4n) is 1.08. The zero-order valence-corrected chi connectivity index (χ0v) is 7.24. The van der Waals surface area contributed by atoms with Gasteiger partial charge in [0.15, 0.2) is 0 Å². The summed E-state index contributed by atoms with van der Waals surface area (Å²) in [5, 5.41) is 0. The lowest BCUT2D eigenvalue weighted by molar-refractivity contribution is -0.142. The maximum absolute atomic E-state index is 10.9. The van der Waals surface area contributed by atoms with Gasteiger partial charge in [-0.1, -0.05) is 6.08 Å². The second-order valence-electron chi connectivity index (χ2n) is 2.52. The highest BCUT2D eigenvalue weighted by atomic mass is 16.5. The Labute approximate surface area is 71.7 Å². The second kappa shape index (κ2) is 3.95. The third kappa shape index (κ3) is 2.12. The third-order valence-corrected chi connectivity index (χ3v) is 1.62. The predicted octanol–water partition coefficient (Wildman–Crippen LogP) is 1.41. The van der Waals surface area contributed by atoms with E-state index >= 15 is 0 Å². The van der Waals surface area contributed by atoms with Crippen molar-refractivity contribution in [2.75, 3.05) is 7.11 Å². The van der Waals surface area contributed by atoms with Gasteiger partial charge in [0.05, 0.1) is 13.2 Å². The second-order valence-corrected chi connectivity index (χ2v) is 2.52. The van der Waals surface area contributed by atoms with Gasteiger partial charge in [-0.25, -0.2) is 4.79 Å². The molecule has 1 rings (SSSR count). The summed E-state index contributed by atoms with van der Waals surface area (Å²) >= 11 is 0. The highest BCUT2D eigenvalue weighted by Crippen LogP contribution is 2.16. The standard InChI is InChI=1S/C9H12O3/c1-3-4-7-5-8(11-2)6-9(10)12-7/h3-4,6-7H,5H2,1-2H3/b4-3+. The molecule has 0 aromatic carbocycles. The quantitative estimate of drug-likeness (QED) is 0.462. The summed E-state index contributed by atoms with van der Waals surface area (Å²) in [6, 6.07) is 0. The van der Waals surface area contributed by atoms with Crippen LogP contribution in [0.15, 0.2) is 24.0 Å². The molecule has 0 amide bonds. The van der Waals surface area contributed by atoms with Crippen LogP contribution < -0.4 is 0 Å². The first-order chi connectivity index (χ1) is 5.76. The van der Waals surface area contributed by atoms with E-state index in [9.17, 15) is 4.79 Å². The summed E-state index contributed by atoms with van der Waals surface area (Å²) in [4.78, 5) is 10.9. The number of methoxy groups -OCH3 is 1. The van der Waals surface area contributed by atoms with E-state index in [1.165, 1.54) is 6.08 Å². The smallest absolute Gasteiger partial charge is 0.334 e. The molecule has 12 heavy (non-hydrogen) atoms. The zero-order valence-electron chi connectivity index (χ0n) is 7.24. The molecule has 0 saturated heterocycles. The van der Waals surface area contributed by atoms with E-state index in [0.29, 0.717) is 12.2 Å². The fraction of sp³-hybridized carbons (Fsp3) is 0.444. The largest absolute Gasteiger partial charge is 0.501 e. The van der Waals surface area contributed by atoms with Crippen molar-refractivity contribution in [2.45, 2.75) is 19.4 Å². The van der Waals surface area contributed by atoms with Gasteiger partial charge >= 0.3 is 5.97 Å². The lowest BCUT2D eigenvalue weighted by Gasteiger charge is -2.19. The van der Waals surface area contributed by atoms with Gasteiger partial charge in [0.1, 0.15) is 11.9 Å². The van der Waals surface area contributed by atoms with E-state index in [-0.39, 0.29) is 12.1 Å². The summed E-state index contributed by atoms with van der Waals surface area (Å²) in [6.45, 7) is 1.89. The van der Waals surface area contributed by atoms with Crippen LogP contribution in [0.1, 0.15) is 13.3 Å². The minimum atomic E-state index is -0.332. The lowest BCUT2D eigenvalue weighted by atomic mass is 10.1. The predicted molar refractivity (Wildman–Crippen MR) is 44.4 cm³/mol. The van der Waals surface area contributed by atoms with Crippen LogP contribution >= 0.6 is 0 Å². The number of ether oxygens (including phenoxy) is 2. The van der Waals surface area contributed by atoms with Crippen LogP contribution in [-0.4, -0.2) is 19.2 Å². The van der Waals surface area contributed by atoms with Crippen molar-refractivity contribution < 1.29 is 14.3 Å². The number of allylic oxidation sites excluding steroid dienone is 1. The van der Waals surface area contributed by atoms with Crippen LogP contribution in [0.4, 0.5) is 0 Å². The first-order valence-electron chi connectivity index (χ1n) is 3.84. The number of carbonyl (C=O) groups excluding carboxylic acids is 1. The van der Waals surface area contributed by atoms with Gasteiger partial charge in [-0.3, -0.25) is 0 Å². The summed E-state index contributed by atoms with van der Waals surface area (Å²) in [5.41, 5.74) is 0. The van der Waals surface area contributed by atoms with Gasteiger partial charge in [-0.15, -0.1) is 0 Å². The van der Waals surface area contributed by atoms with Gasteiger partial charge in [0, 0.05) is 6.42 Å². The van der Waals surface area contributed by atoms with Gasteiger partial charge in [0.25, 0.3) is 0 Å². The molecular weight excluding hydrogens is 156 g/mol. The summed E-state index contributed by atoms with van der Waals surface area (Å²) < 4.78 is 9.94. The van der Waals surface area contributed by atoms with Crippen LogP contribution in [-0.2, 0) is 14.3 Å². The Morgan fingerprint density at radius 3 is 3.08 bits per heavy atom. The van der Waals surface area contributed by atoms with Crippen LogP contribution in [0.5, 0.6) is 0 Å². The van der Waals surface area contributed by atoms with Crippen LogP contribution in [0.2, 0.25) is 0 Å². The van der Waals surface area contributed by atoms with Crippen molar-refractivity contribution in [1.82, 2.24) is 0 Å². The fourth-order valence-corrected chi connectivity index (χ4v) is 1.08. The van der Waals surface area contributed by atoms with Crippen molar-refractivity contribution >= 4 is 5.97 Å². The average Bonchev–Trinajstić information content (AvgIpc) is 2.04. The number of rotatable bonds is 2. The molecule has 3 heteroatoms. The first-order valence-corrected chi connectivity index (χ1v) is 3.84. The van der Waals surface area contributed by atoms with Crippen LogP contribution in [0, 0.1) is 0 Å². The molecule has 66 valence electrons. The molecule has 0 aromatic rings. The molecule has 0 bridgehead atoms. The molecule has 0 radical (unpaired) electrons. The average molecular weight is 168 g/mol. The van der Waals surface area contributed by atoms with E-state index in [0.717, 1.165) is 0 Å². The first kappa shape index (κ1) is 8.84. The number of esters is 1. The van der Waals surface area contributed by atoms with Crippen LogP contribution in [0.3, 0.4) is 0 Å². The Hall–Kier alpha value is -1.25. The highest BCUT2D eigenvalue weighted by Gasteiger charge is 2.19. The maximum Gasteiger partial charge on any atom is 0.334 e. The molecule has 3 nitrogen and oxygen atoms in total. The van der Waals surface area contributed by atoms with Gasteiger partial charge in [-0.2, -0.15) is 0 Å². The zero-order chi connectivity index (χ0) is 8.97. The molecule has 1 aliphatic rings. The number of hydrogen-bond donors (Lipinski definition) is 0. The minimum Gasteiger partial charge on any atom is -0.501 e. The van der Waals surface area contributed by atoms with E-state index < -0.39 is 0 Å². The summed E-state index contributed by atoms with van der Waals surface area (Å²) in [5.74, 6) is 0.343. The minimum absolute atomic E-state index is 0.164. The molecule has 0 aliphatic carbocycles. The van der Waals surface area contributed by atoms with Gasteiger partial charge in [0.2, 0.25) is 0 Å². The van der Waals surface area contributed by atoms with Gasteiger partial charge in [-0.05, 0) is 13.0 Å².